The molecule has 1 heterocycles. The Hall–Kier alpha value is -1.39. The standard InChI is InChI=1S/C14H22N4/c1-2-8-15-9-5-10-16-11-14-12-6-3-4-7-13(12)17-18-14/h3-4,6-7,15-16H,2,5,8-11H2,1H3,(H,17,18). The number of aromatic nitrogens is 2. The lowest BCUT2D eigenvalue weighted by Crippen LogP contribution is -2.22. The summed E-state index contributed by atoms with van der Waals surface area (Å²) in [7, 11) is 0. The fourth-order valence-electron chi connectivity index (χ4n) is 2.00. The highest BCUT2D eigenvalue weighted by Crippen LogP contribution is 2.14. The van der Waals surface area contributed by atoms with E-state index in [0.29, 0.717) is 0 Å². The van der Waals surface area contributed by atoms with E-state index in [-0.39, 0.29) is 0 Å². The third kappa shape index (κ3) is 3.55. The van der Waals surface area contributed by atoms with E-state index in [1.165, 1.54) is 17.5 Å². The van der Waals surface area contributed by atoms with Crippen LogP contribution in [0.25, 0.3) is 10.9 Å². The van der Waals surface area contributed by atoms with Gasteiger partial charge in [0.15, 0.2) is 0 Å². The lowest BCUT2D eigenvalue weighted by Gasteiger charge is -2.04. The van der Waals surface area contributed by atoms with Crippen molar-refractivity contribution < 1.29 is 0 Å². The third-order valence-electron chi connectivity index (χ3n) is 2.98. The number of hydrogen-bond donors (Lipinski definition) is 3. The lowest BCUT2D eigenvalue weighted by molar-refractivity contribution is 0.589. The van der Waals surface area contributed by atoms with E-state index >= 15 is 0 Å². The largest absolute Gasteiger partial charge is 0.317 e. The van der Waals surface area contributed by atoms with Crippen molar-refractivity contribution in [2.45, 2.75) is 26.3 Å². The summed E-state index contributed by atoms with van der Waals surface area (Å²) in [5.74, 6) is 0. The molecule has 0 atom stereocenters. The molecule has 0 aliphatic rings. The number of H-pyrrole nitrogens is 1. The number of nitrogens with zero attached hydrogens (tertiary/aromatic N) is 1. The summed E-state index contributed by atoms with van der Waals surface area (Å²) in [6, 6.07) is 8.21. The van der Waals surface area contributed by atoms with Crippen molar-refractivity contribution in [3.8, 4) is 0 Å². The molecule has 4 nitrogen and oxygen atoms in total. The minimum absolute atomic E-state index is 0.855. The van der Waals surface area contributed by atoms with E-state index in [1.54, 1.807) is 0 Å². The first-order chi connectivity index (χ1) is 8.92. The quantitative estimate of drug-likeness (QED) is 0.625. The normalized spacial score (nSPS) is 11.2. The zero-order valence-electron chi connectivity index (χ0n) is 11.0. The van der Waals surface area contributed by atoms with Crippen molar-refractivity contribution in [3.05, 3.63) is 30.0 Å². The first kappa shape index (κ1) is 13.1. The van der Waals surface area contributed by atoms with Gasteiger partial charge in [-0.05, 0) is 38.5 Å². The van der Waals surface area contributed by atoms with Crippen LogP contribution in [0.15, 0.2) is 24.3 Å². The predicted molar refractivity (Wildman–Crippen MR) is 75.6 cm³/mol. The maximum atomic E-state index is 4.28. The van der Waals surface area contributed by atoms with E-state index in [0.717, 1.165) is 38.1 Å². The average Bonchev–Trinajstić information content (AvgIpc) is 2.81. The second-order valence-corrected chi connectivity index (χ2v) is 4.50. The molecular formula is C14H22N4. The van der Waals surface area contributed by atoms with Crippen molar-refractivity contribution in [1.29, 1.82) is 0 Å². The van der Waals surface area contributed by atoms with Gasteiger partial charge in [0.05, 0.1) is 11.2 Å². The van der Waals surface area contributed by atoms with Crippen LogP contribution >= 0.6 is 0 Å². The smallest absolute Gasteiger partial charge is 0.0924 e. The van der Waals surface area contributed by atoms with Crippen LogP contribution < -0.4 is 10.6 Å². The van der Waals surface area contributed by atoms with Crippen molar-refractivity contribution in [1.82, 2.24) is 20.8 Å². The molecular weight excluding hydrogens is 224 g/mol. The number of fused-ring (bicyclic) bond motifs is 1. The lowest BCUT2D eigenvalue weighted by atomic mass is 10.2. The molecule has 18 heavy (non-hydrogen) atoms. The SMILES string of the molecule is CCCNCCCNCc1[nH]nc2ccccc12. The monoisotopic (exact) mass is 246 g/mol. The van der Waals surface area contributed by atoms with Crippen molar-refractivity contribution in [2.24, 2.45) is 0 Å². The summed E-state index contributed by atoms with van der Waals surface area (Å²) in [6.45, 7) is 6.28. The molecule has 2 rings (SSSR count). The molecule has 0 radical (unpaired) electrons. The second kappa shape index (κ2) is 7.13. The molecule has 1 aromatic heterocycles. The van der Waals surface area contributed by atoms with E-state index in [4.69, 9.17) is 0 Å². The van der Waals surface area contributed by atoms with Crippen LogP contribution in [0.4, 0.5) is 0 Å². The second-order valence-electron chi connectivity index (χ2n) is 4.50. The van der Waals surface area contributed by atoms with Gasteiger partial charge in [0.25, 0.3) is 0 Å². The van der Waals surface area contributed by atoms with Crippen LogP contribution in [0, 0.1) is 0 Å². The first-order valence-electron chi connectivity index (χ1n) is 6.75. The van der Waals surface area contributed by atoms with E-state index in [9.17, 15) is 0 Å². The van der Waals surface area contributed by atoms with Gasteiger partial charge in [-0.2, -0.15) is 5.10 Å². The molecule has 98 valence electrons. The van der Waals surface area contributed by atoms with Crippen LogP contribution in [0.1, 0.15) is 25.5 Å². The van der Waals surface area contributed by atoms with Crippen LogP contribution in [0.3, 0.4) is 0 Å². The van der Waals surface area contributed by atoms with Gasteiger partial charge in [-0.3, -0.25) is 5.10 Å². The fourth-order valence-corrected chi connectivity index (χ4v) is 2.00. The minimum Gasteiger partial charge on any atom is -0.317 e. The van der Waals surface area contributed by atoms with Crippen LogP contribution in [0.5, 0.6) is 0 Å². The van der Waals surface area contributed by atoms with Crippen LogP contribution in [0.2, 0.25) is 0 Å². The maximum Gasteiger partial charge on any atom is 0.0924 e. The molecule has 2 aromatic rings. The zero-order chi connectivity index (χ0) is 12.6. The minimum atomic E-state index is 0.855. The van der Waals surface area contributed by atoms with E-state index < -0.39 is 0 Å². The summed E-state index contributed by atoms with van der Waals surface area (Å²) in [5.41, 5.74) is 2.21. The van der Waals surface area contributed by atoms with Gasteiger partial charge >= 0.3 is 0 Å². The summed E-state index contributed by atoms with van der Waals surface area (Å²) in [6.07, 6.45) is 2.36. The highest BCUT2D eigenvalue weighted by Gasteiger charge is 2.02. The van der Waals surface area contributed by atoms with Crippen LogP contribution in [-0.2, 0) is 6.54 Å². The van der Waals surface area contributed by atoms with Crippen molar-refractivity contribution in [2.75, 3.05) is 19.6 Å². The van der Waals surface area contributed by atoms with Crippen LogP contribution in [-0.4, -0.2) is 29.8 Å². The number of nitrogens with one attached hydrogen (secondary N) is 3. The third-order valence-corrected chi connectivity index (χ3v) is 2.98. The number of aromatic amines is 1. The Balaban J connectivity index is 1.70. The number of hydrogen-bond acceptors (Lipinski definition) is 3. The van der Waals surface area contributed by atoms with Gasteiger partial charge in [-0.15, -0.1) is 0 Å². The Morgan fingerprint density at radius 1 is 1.11 bits per heavy atom. The zero-order valence-corrected chi connectivity index (χ0v) is 11.0. The van der Waals surface area contributed by atoms with Gasteiger partial charge in [0, 0.05) is 11.9 Å². The first-order valence-corrected chi connectivity index (χ1v) is 6.75. The summed E-state index contributed by atoms with van der Waals surface area (Å²) in [5, 5.41) is 15.4. The molecule has 0 saturated carbocycles. The number of para-hydroxylation sites is 1. The molecule has 0 fully saturated rings. The van der Waals surface area contributed by atoms with Crippen molar-refractivity contribution >= 4 is 10.9 Å². The summed E-state index contributed by atoms with van der Waals surface area (Å²) >= 11 is 0. The van der Waals surface area contributed by atoms with Crippen molar-refractivity contribution in [3.63, 3.8) is 0 Å². The molecule has 0 bridgehead atoms. The number of benzene rings is 1. The molecule has 0 unspecified atom stereocenters. The Kier molecular flexibility index (Phi) is 5.17. The van der Waals surface area contributed by atoms with Gasteiger partial charge in [0.2, 0.25) is 0 Å². The topological polar surface area (TPSA) is 52.7 Å². The summed E-state index contributed by atoms with van der Waals surface area (Å²) in [4.78, 5) is 0. The summed E-state index contributed by atoms with van der Waals surface area (Å²) < 4.78 is 0. The predicted octanol–water partition coefficient (Wildman–Crippen LogP) is 2.04. The van der Waals surface area contributed by atoms with Gasteiger partial charge in [-0.25, -0.2) is 0 Å². The molecule has 1 aromatic carbocycles. The Morgan fingerprint density at radius 2 is 1.94 bits per heavy atom. The molecule has 0 aliphatic carbocycles. The Bertz CT molecular complexity index is 464. The molecule has 0 amide bonds. The average molecular weight is 246 g/mol. The molecule has 0 saturated heterocycles. The van der Waals surface area contributed by atoms with E-state index in [2.05, 4.69) is 39.9 Å². The fraction of sp³-hybridized carbons (Fsp3) is 0.500. The highest BCUT2D eigenvalue weighted by molar-refractivity contribution is 5.80. The molecule has 3 N–H and O–H groups in total. The molecule has 0 aliphatic heterocycles. The van der Waals surface area contributed by atoms with Gasteiger partial charge in [-0.1, -0.05) is 25.1 Å². The maximum absolute atomic E-state index is 4.28. The highest BCUT2D eigenvalue weighted by atomic mass is 15.1. The van der Waals surface area contributed by atoms with Gasteiger partial charge in [0.1, 0.15) is 0 Å². The Morgan fingerprint density at radius 3 is 2.83 bits per heavy atom. The van der Waals surface area contributed by atoms with E-state index in [1.807, 2.05) is 12.1 Å². The van der Waals surface area contributed by atoms with Gasteiger partial charge < -0.3 is 10.6 Å². The molecule has 0 spiro atoms. The number of rotatable bonds is 8. The Labute approximate surface area is 108 Å². The molecule has 4 heteroatoms.